The van der Waals surface area contributed by atoms with Crippen LogP contribution in [0, 0.1) is 21.4 Å². The Morgan fingerprint density at radius 1 is 1.13 bits per heavy atom. The fourth-order valence-corrected chi connectivity index (χ4v) is 6.96. The van der Waals surface area contributed by atoms with Crippen molar-refractivity contribution in [1.29, 1.82) is 0 Å². The summed E-state index contributed by atoms with van der Waals surface area (Å²) < 4.78 is 28.4. The van der Waals surface area contributed by atoms with E-state index in [2.05, 4.69) is 12.2 Å². The molecule has 1 amide bonds. The van der Waals surface area contributed by atoms with Gasteiger partial charge in [-0.25, -0.2) is 8.42 Å². The summed E-state index contributed by atoms with van der Waals surface area (Å²) in [5.41, 5.74) is -0.571. The third-order valence-electron chi connectivity index (χ3n) is 8.11. The van der Waals surface area contributed by atoms with Crippen LogP contribution in [0.2, 0.25) is 0 Å². The molecule has 0 saturated heterocycles. The molecule has 1 saturated carbocycles. The van der Waals surface area contributed by atoms with Crippen LogP contribution in [0.1, 0.15) is 85.1 Å². The van der Waals surface area contributed by atoms with E-state index in [1.54, 1.807) is 12.1 Å². The van der Waals surface area contributed by atoms with E-state index in [9.17, 15) is 28.4 Å². The van der Waals surface area contributed by atoms with E-state index in [-0.39, 0.29) is 45.8 Å². The molecule has 10 heteroatoms. The van der Waals surface area contributed by atoms with E-state index in [0.717, 1.165) is 55.0 Å². The number of nitrogens with zero attached hydrogens (tertiary/aromatic N) is 2. The van der Waals surface area contributed by atoms with Gasteiger partial charge >= 0.3 is 0 Å². The van der Waals surface area contributed by atoms with Gasteiger partial charge in [-0.3, -0.25) is 19.2 Å². The van der Waals surface area contributed by atoms with Crippen LogP contribution in [-0.4, -0.2) is 30.9 Å². The first kappa shape index (κ1) is 30.4. The maximum Gasteiger partial charge on any atom is 0.269 e. The number of hydrogen-bond acceptors (Lipinski definition) is 6. The van der Waals surface area contributed by atoms with Gasteiger partial charge in [-0.15, -0.1) is 0 Å². The third kappa shape index (κ3) is 6.37. The van der Waals surface area contributed by atoms with Crippen LogP contribution in [0.5, 0.6) is 5.75 Å². The van der Waals surface area contributed by atoms with Gasteiger partial charge < -0.3 is 10.4 Å². The number of phenols is 1. The summed E-state index contributed by atoms with van der Waals surface area (Å²) in [7, 11) is -4.13. The zero-order valence-corrected chi connectivity index (χ0v) is 24.4. The number of hydrogen-bond donors (Lipinski definition) is 2. The summed E-state index contributed by atoms with van der Waals surface area (Å²) in [5, 5.41) is 25.4. The van der Waals surface area contributed by atoms with Gasteiger partial charge in [-0.05, 0) is 68.4 Å². The van der Waals surface area contributed by atoms with Gasteiger partial charge in [-0.2, -0.15) is 0 Å². The van der Waals surface area contributed by atoms with Crippen LogP contribution in [0.4, 0.5) is 11.4 Å². The van der Waals surface area contributed by atoms with E-state index >= 15 is 0 Å². The first-order valence-corrected chi connectivity index (χ1v) is 15.2. The predicted molar refractivity (Wildman–Crippen MR) is 152 cm³/mol. The van der Waals surface area contributed by atoms with Crippen LogP contribution < -0.4 is 9.62 Å². The summed E-state index contributed by atoms with van der Waals surface area (Å²) in [6.45, 7) is 9.76. The summed E-state index contributed by atoms with van der Waals surface area (Å²) >= 11 is 0. The lowest BCUT2D eigenvalue weighted by atomic mass is 9.71. The molecule has 39 heavy (non-hydrogen) atoms. The van der Waals surface area contributed by atoms with E-state index < -0.39 is 20.5 Å². The highest BCUT2D eigenvalue weighted by atomic mass is 32.2. The Morgan fingerprint density at radius 3 is 2.23 bits per heavy atom. The monoisotopic (exact) mass is 559 g/mol. The number of benzene rings is 2. The Balaban J connectivity index is 1.97. The van der Waals surface area contributed by atoms with Gasteiger partial charge in [0.05, 0.1) is 21.0 Å². The van der Waals surface area contributed by atoms with Crippen molar-refractivity contribution in [3.63, 3.8) is 0 Å². The number of amides is 1. The minimum absolute atomic E-state index is 0.0276. The predicted octanol–water partition coefficient (Wildman–Crippen LogP) is 6.25. The Hall–Kier alpha value is -3.14. The van der Waals surface area contributed by atoms with E-state index in [0.29, 0.717) is 12.0 Å². The second-order valence-electron chi connectivity index (χ2n) is 11.2. The van der Waals surface area contributed by atoms with Gasteiger partial charge in [0.25, 0.3) is 15.7 Å². The number of anilines is 1. The Kier molecular flexibility index (Phi) is 9.31. The summed E-state index contributed by atoms with van der Waals surface area (Å²) in [6, 6.07) is 9.53. The number of carbonyl (C=O) groups is 1. The zero-order valence-electron chi connectivity index (χ0n) is 23.6. The van der Waals surface area contributed by atoms with Crippen molar-refractivity contribution in [3.05, 3.63) is 58.1 Å². The first-order chi connectivity index (χ1) is 18.3. The third-order valence-corrected chi connectivity index (χ3v) is 9.91. The Morgan fingerprint density at radius 2 is 1.74 bits per heavy atom. The van der Waals surface area contributed by atoms with Crippen molar-refractivity contribution in [3.8, 4) is 5.75 Å². The normalized spacial score (nSPS) is 16.9. The Bertz CT molecular complexity index is 1290. The molecule has 0 unspecified atom stereocenters. The van der Waals surface area contributed by atoms with Gasteiger partial charge in [0.15, 0.2) is 0 Å². The second-order valence-corrected chi connectivity index (χ2v) is 13.1. The molecule has 9 nitrogen and oxygen atoms in total. The summed E-state index contributed by atoms with van der Waals surface area (Å²) in [4.78, 5) is 23.9. The maximum absolute atomic E-state index is 13.6. The lowest BCUT2D eigenvalue weighted by molar-refractivity contribution is -0.384. The molecule has 0 aromatic heterocycles. The summed E-state index contributed by atoms with van der Waals surface area (Å²) in [5.74, 6) is -0.270. The highest BCUT2D eigenvalue weighted by molar-refractivity contribution is 7.92. The SMILES string of the molecule is CCC1(C(=O)N[C@@](C)(CC)c2ccc(N(CC(C)C)S(=O)(=O)c3ccc([N+](=O)[O-])cc3)c(O)c2)CCCCC1. The van der Waals surface area contributed by atoms with Crippen molar-refractivity contribution >= 4 is 27.3 Å². The number of rotatable bonds is 11. The largest absolute Gasteiger partial charge is 0.506 e. The van der Waals surface area contributed by atoms with E-state index in [4.69, 9.17) is 0 Å². The number of phenolic OH excluding ortho intramolecular Hbond substituents is 1. The van der Waals surface area contributed by atoms with Gasteiger partial charge in [0, 0.05) is 24.1 Å². The van der Waals surface area contributed by atoms with Crippen LogP contribution in [-0.2, 0) is 20.4 Å². The molecule has 1 fully saturated rings. The number of non-ortho nitro benzene ring substituents is 1. The number of aromatic hydroxyl groups is 1. The van der Waals surface area contributed by atoms with Crippen molar-refractivity contribution in [2.75, 3.05) is 10.8 Å². The molecule has 0 aliphatic heterocycles. The number of nitrogens with one attached hydrogen (secondary N) is 1. The second kappa shape index (κ2) is 11.9. The molecule has 2 aromatic rings. The van der Waals surface area contributed by atoms with E-state index in [1.807, 2.05) is 27.7 Å². The minimum Gasteiger partial charge on any atom is -0.506 e. The van der Waals surface area contributed by atoms with Crippen LogP contribution >= 0.6 is 0 Å². The molecule has 3 rings (SSSR count). The van der Waals surface area contributed by atoms with Gasteiger partial charge in [0.2, 0.25) is 5.91 Å². The molecule has 2 aromatic carbocycles. The fourth-order valence-electron chi connectivity index (χ4n) is 5.32. The molecular formula is C29H41N3O6S. The fraction of sp³-hybridized carbons (Fsp3) is 0.552. The average Bonchev–Trinajstić information content (AvgIpc) is 2.92. The van der Waals surface area contributed by atoms with Crippen molar-refractivity contribution in [2.45, 2.75) is 90.0 Å². The average molecular weight is 560 g/mol. The molecule has 2 N–H and O–H groups in total. The van der Waals surface area contributed by atoms with Gasteiger partial charge in [0.1, 0.15) is 5.75 Å². The highest BCUT2D eigenvalue weighted by Crippen LogP contribution is 2.42. The number of sulfonamides is 1. The zero-order chi connectivity index (χ0) is 29.0. The van der Waals surface area contributed by atoms with E-state index in [1.165, 1.54) is 18.2 Å². The van der Waals surface area contributed by atoms with Gasteiger partial charge in [-0.1, -0.05) is 53.0 Å². The number of nitro groups is 1. The van der Waals surface area contributed by atoms with Crippen molar-refractivity contribution in [1.82, 2.24) is 5.32 Å². The first-order valence-electron chi connectivity index (χ1n) is 13.7. The lowest BCUT2D eigenvalue weighted by Crippen LogP contribution is -2.50. The van der Waals surface area contributed by atoms with Crippen LogP contribution in [0.3, 0.4) is 0 Å². The molecule has 0 heterocycles. The Labute approximate surface area is 231 Å². The maximum atomic E-state index is 13.6. The molecule has 0 spiro atoms. The topological polar surface area (TPSA) is 130 Å². The highest BCUT2D eigenvalue weighted by Gasteiger charge is 2.41. The molecule has 1 aliphatic rings. The molecule has 0 radical (unpaired) electrons. The summed E-state index contributed by atoms with van der Waals surface area (Å²) in [6.07, 6.45) is 6.30. The number of carbonyl (C=O) groups excluding carboxylic acids is 1. The quantitative estimate of drug-likeness (QED) is 0.247. The smallest absolute Gasteiger partial charge is 0.269 e. The number of nitro benzene ring substituents is 1. The molecule has 214 valence electrons. The minimum atomic E-state index is -4.13. The molecule has 0 bridgehead atoms. The molecule has 1 atom stereocenters. The van der Waals surface area contributed by atoms with Crippen LogP contribution in [0.15, 0.2) is 47.4 Å². The van der Waals surface area contributed by atoms with Crippen molar-refractivity contribution < 1.29 is 23.2 Å². The lowest BCUT2D eigenvalue weighted by Gasteiger charge is -2.40. The molecular weight excluding hydrogens is 518 g/mol. The molecule has 1 aliphatic carbocycles. The van der Waals surface area contributed by atoms with Crippen LogP contribution in [0.25, 0.3) is 0 Å². The standard InChI is InChI=1S/C29H41N3O6S/c1-6-28(5,30-27(34)29(7-2)17-9-8-10-18-29)22-11-16-25(26(33)19-22)31(20-21(3)4)39(37,38)24-14-12-23(13-15-24)32(35)36/h11-16,19,21,33H,6-10,17-18,20H2,1-5H3,(H,30,34)/t28-/m0/s1. The van der Waals surface area contributed by atoms with Crippen molar-refractivity contribution in [2.24, 2.45) is 11.3 Å².